The van der Waals surface area contributed by atoms with Crippen molar-refractivity contribution in [3.63, 3.8) is 0 Å². The largest absolute Gasteiger partial charge is 0.410 e. The minimum atomic E-state index is 0.573. The number of thioether (sulfide) groups is 1. The van der Waals surface area contributed by atoms with Crippen molar-refractivity contribution in [1.82, 2.24) is 10.2 Å². The standard InChI is InChI=1S/C15H17N3OS2/c1-10-4-5-12-11(8-10)9-13(21-12)14-17-18-15(19-14)20-7-3-2-6-16/h9-10H,2-5,7-8H2,1H3/t10-/m1/s1. The zero-order chi connectivity index (χ0) is 14.7. The molecule has 21 heavy (non-hydrogen) atoms. The lowest BCUT2D eigenvalue weighted by atomic mass is 9.90. The maximum Gasteiger partial charge on any atom is 0.276 e. The summed E-state index contributed by atoms with van der Waals surface area (Å²) in [6, 6.07) is 4.35. The van der Waals surface area contributed by atoms with Gasteiger partial charge >= 0.3 is 0 Å². The van der Waals surface area contributed by atoms with E-state index in [9.17, 15) is 0 Å². The number of thiophene rings is 1. The topological polar surface area (TPSA) is 62.7 Å². The Morgan fingerprint density at radius 3 is 3.29 bits per heavy atom. The zero-order valence-electron chi connectivity index (χ0n) is 12.0. The molecule has 0 amide bonds. The number of aryl methyl sites for hydroxylation is 1. The van der Waals surface area contributed by atoms with Crippen molar-refractivity contribution in [2.75, 3.05) is 5.75 Å². The van der Waals surface area contributed by atoms with Crippen LogP contribution in [0.2, 0.25) is 0 Å². The van der Waals surface area contributed by atoms with Gasteiger partial charge in [-0.25, -0.2) is 0 Å². The molecule has 6 heteroatoms. The first-order chi connectivity index (χ1) is 10.3. The first kappa shape index (κ1) is 14.6. The third-order valence-electron chi connectivity index (χ3n) is 3.60. The number of hydrogen-bond acceptors (Lipinski definition) is 6. The van der Waals surface area contributed by atoms with Crippen LogP contribution in [-0.2, 0) is 12.8 Å². The first-order valence-electron chi connectivity index (χ1n) is 7.21. The van der Waals surface area contributed by atoms with E-state index in [0.29, 0.717) is 17.5 Å². The molecule has 1 atom stereocenters. The van der Waals surface area contributed by atoms with E-state index in [1.54, 1.807) is 11.3 Å². The Morgan fingerprint density at radius 1 is 1.52 bits per heavy atom. The summed E-state index contributed by atoms with van der Waals surface area (Å²) in [5.74, 6) is 2.24. The van der Waals surface area contributed by atoms with Gasteiger partial charge in [0.05, 0.1) is 10.9 Å². The highest BCUT2D eigenvalue weighted by Crippen LogP contribution is 2.37. The molecule has 2 heterocycles. The summed E-state index contributed by atoms with van der Waals surface area (Å²) in [7, 11) is 0. The Balaban J connectivity index is 1.68. The fourth-order valence-electron chi connectivity index (χ4n) is 2.49. The van der Waals surface area contributed by atoms with E-state index < -0.39 is 0 Å². The predicted octanol–water partition coefficient (Wildman–Crippen LogP) is 4.32. The van der Waals surface area contributed by atoms with Crippen LogP contribution in [0.5, 0.6) is 0 Å². The van der Waals surface area contributed by atoms with Gasteiger partial charge in [0.15, 0.2) is 0 Å². The van der Waals surface area contributed by atoms with Crippen LogP contribution < -0.4 is 0 Å². The van der Waals surface area contributed by atoms with Gasteiger partial charge in [0.2, 0.25) is 0 Å². The van der Waals surface area contributed by atoms with Crippen molar-refractivity contribution < 1.29 is 4.42 Å². The molecule has 0 saturated heterocycles. The lowest BCUT2D eigenvalue weighted by Crippen LogP contribution is -2.07. The second-order valence-corrected chi connectivity index (χ2v) is 7.57. The van der Waals surface area contributed by atoms with Crippen LogP contribution in [0.25, 0.3) is 10.8 Å². The summed E-state index contributed by atoms with van der Waals surface area (Å²) in [6.07, 6.45) is 5.03. The lowest BCUT2D eigenvalue weighted by molar-refractivity contribution is 0.466. The summed E-state index contributed by atoms with van der Waals surface area (Å²) in [5.41, 5.74) is 1.45. The van der Waals surface area contributed by atoms with Crippen LogP contribution in [0.1, 0.15) is 36.6 Å². The average Bonchev–Trinajstić information content (AvgIpc) is 3.09. The highest BCUT2D eigenvalue weighted by molar-refractivity contribution is 7.99. The Kier molecular flexibility index (Phi) is 4.61. The van der Waals surface area contributed by atoms with Gasteiger partial charge in [-0.1, -0.05) is 18.7 Å². The zero-order valence-corrected chi connectivity index (χ0v) is 13.6. The molecule has 2 aromatic rings. The molecule has 0 saturated carbocycles. The number of hydrogen-bond donors (Lipinski definition) is 0. The van der Waals surface area contributed by atoms with Crippen LogP contribution in [0, 0.1) is 17.2 Å². The van der Waals surface area contributed by atoms with Crippen LogP contribution in [0.3, 0.4) is 0 Å². The number of aromatic nitrogens is 2. The molecule has 0 unspecified atom stereocenters. The van der Waals surface area contributed by atoms with Gasteiger partial charge in [0.25, 0.3) is 11.1 Å². The van der Waals surface area contributed by atoms with E-state index in [2.05, 4.69) is 29.3 Å². The van der Waals surface area contributed by atoms with Gasteiger partial charge in [-0.15, -0.1) is 21.5 Å². The molecule has 0 bridgehead atoms. The van der Waals surface area contributed by atoms with Crippen LogP contribution in [-0.4, -0.2) is 16.0 Å². The van der Waals surface area contributed by atoms with E-state index in [1.165, 1.54) is 35.0 Å². The quantitative estimate of drug-likeness (QED) is 0.606. The second-order valence-electron chi connectivity index (χ2n) is 5.39. The molecular formula is C15H17N3OS2. The molecule has 0 spiro atoms. The Bertz CT molecular complexity index is 656. The minimum Gasteiger partial charge on any atom is -0.410 e. The first-order valence-corrected chi connectivity index (χ1v) is 9.01. The molecule has 0 N–H and O–H groups in total. The van der Waals surface area contributed by atoms with Crippen molar-refractivity contribution in [1.29, 1.82) is 5.26 Å². The lowest BCUT2D eigenvalue weighted by Gasteiger charge is -2.16. The van der Waals surface area contributed by atoms with Crippen molar-refractivity contribution in [3.8, 4) is 16.8 Å². The van der Waals surface area contributed by atoms with Gasteiger partial charge in [-0.2, -0.15) is 5.26 Å². The van der Waals surface area contributed by atoms with Gasteiger partial charge in [-0.05, 0) is 43.2 Å². The van der Waals surface area contributed by atoms with Gasteiger partial charge < -0.3 is 4.42 Å². The van der Waals surface area contributed by atoms with E-state index in [-0.39, 0.29) is 0 Å². The van der Waals surface area contributed by atoms with Gasteiger partial charge in [0.1, 0.15) is 0 Å². The summed E-state index contributed by atoms with van der Waals surface area (Å²) in [5, 5.41) is 17.3. The number of nitriles is 1. The molecule has 2 aromatic heterocycles. The molecule has 0 aliphatic heterocycles. The monoisotopic (exact) mass is 319 g/mol. The maximum absolute atomic E-state index is 8.51. The number of nitrogens with zero attached hydrogens (tertiary/aromatic N) is 3. The van der Waals surface area contributed by atoms with Crippen molar-refractivity contribution >= 4 is 23.1 Å². The molecule has 4 nitrogen and oxygen atoms in total. The summed E-state index contributed by atoms with van der Waals surface area (Å²) in [6.45, 7) is 2.31. The third kappa shape index (κ3) is 3.47. The summed E-state index contributed by atoms with van der Waals surface area (Å²) < 4.78 is 5.72. The van der Waals surface area contributed by atoms with Crippen LogP contribution in [0.15, 0.2) is 15.7 Å². The molecule has 0 radical (unpaired) electrons. The van der Waals surface area contributed by atoms with E-state index in [1.807, 2.05) is 0 Å². The van der Waals surface area contributed by atoms with Crippen LogP contribution >= 0.6 is 23.1 Å². The molecule has 1 aliphatic carbocycles. The normalized spacial score (nSPS) is 17.4. The average molecular weight is 319 g/mol. The summed E-state index contributed by atoms with van der Waals surface area (Å²) >= 11 is 3.31. The minimum absolute atomic E-state index is 0.573. The summed E-state index contributed by atoms with van der Waals surface area (Å²) in [4.78, 5) is 2.56. The molecule has 110 valence electrons. The van der Waals surface area contributed by atoms with Crippen molar-refractivity contribution in [3.05, 3.63) is 16.5 Å². The Labute approximate surface area is 132 Å². The predicted molar refractivity (Wildman–Crippen MR) is 84.4 cm³/mol. The van der Waals surface area contributed by atoms with Crippen LogP contribution in [0.4, 0.5) is 0 Å². The molecule has 1 aliphatic rings. The highest BCUT2D eigenvalue weighted by Gasteiger charge is 2.20. The smallest absolute Gasteiger partial charge is 0.276 e. The SMILES string of the molecule is C[C@@H]1CCc2sc(-c3nnc(SCCCC#N)o3)cc2C1. The number of rotatable bonds is 5. The van der Waals surface area contributed by atoms with Crippen molar-refractivity contribution in [2.45, 2.75) is 44.3 Å². The maximum atomic E-state index is 8.51. The van der Waals surface area contributed by atoms with Gasteiger partial charge in [-0.3, -0.25) is 0 Å². The Hall–Kier alpha value is -1.32. The molecule has 3 rings (SSSR count). The fourth-order valence-corrected chi connectivity index (χ4v) is 4.32. The third-order valence-corrected chi connectivity index (χ3v) is 5.73. The molecular weight excluding hydrogens is 302 g/mol. The molecule has 0 fully saturated rings. The van der Waals surface area contributed by atoms with E-state index in [0.717, 1.165) is 29.4 Å². The highest BCUT2D eigenvalue weighted by atomic mass is 32.2. The fraction of sp³-hybridized carbons (Fsp3) is 0.533. The van der Waals surface area contributed by atoms with E-state index >= 15 is 0 Å². The number of fused-ring (bicyclic) bond motifs is 1. The Morgan fingerprint density at radius 2 is 2.43 bits per heavy atom. The second kappa shape index (κ2) is 6.63. The molecule has 0 aromatic carbocycles. The van der Waals surface area contributed by atoms with Gasteiger partial charge in [0, 0.05) is 17.1 Å². The van der Waals surface area contributed by atoms with E-state index in [4.69, 9.17) is 9.68 Å². The van der Waals surface area contributed by atoms with Crippen molar-refractivity contribution in [2.24, 2.45) is 5.92 Å². The number of unbranched alkanes of at least 4 members (excludes halogenated alkanes) is 1.